The first-order valence-electron chi connectivity index (χ1n) is 6.46. The number of nitrogens with two attached hydrogens (primary N) is 1. The number of rotatable bonds is 2. The fraction of sp³-hybridized carbons (Fsp3) is 0.833. The van der Waals surface area contributed by atoms with Gasteiger partial charge in [-0.2, -0.15) is 0 Å². The number of carbonyl (C=O) groups is 2. The molecule has 1 fully saturated rings. The Bertz CT molecular complexity index is 336. The minimum Gasteiger partial charge on any atom is -0.444 e. The number of nitrogens with one attached hydrogen (secondary N) is 1. The van der Waals surface area contributed by atoms with E-state index in [2.05, 4.69) is 18.1 Å². The summed E-state index contributed by atoms with van der Waals surface area (Å²) >= 11 is 4.07. The summed E-state index contributed by atoms with van der Waals surface area (Å²) in [5.74, 6) is 0. The predicted octanol–water partition coefficient (Wildman–Crippen LogP) is 2.05. The summed E-state index contributed by atoms with van der Waals surface area (Å²) in [4.78, 5) is 22.6. The first-order valence-corrected chi connectivity index (χ1v) is 6.86. The highest BCUT2D eigenvalue weighted by Crippen LogP contribution is 2.24. The van der Waals surface area contributed by atoms with Gasteiger partial charge in [0.15, 0.2) is 0 Å². The third kappa shape index (κ3) is 5.59. The van der Waals surface area contributed by atoms with E-state index in [0.717, 1.165) is 25.7 Å². The van der Waals surface area contributed by atoms with Crippen LogP contribution >= 0.6 is 12.8 Å². The zero-order valence-electron chi connectivity index (χ0n) is 11.7. The fourth-order valence-corrected chi connectivity index (χ4v) is 2.35. The molecule has 3 N–H and O–H groups in total. The van der Waals surface area contributed by atoms with Gasteiger partial charge < -0.3 is 15.8 Å². The van der Waals surface area contributed by atoms with Gasteiger partial charge in [0.1, 0.15) is 5.60 Å². The molecule has 0 heterocycles. The Morgan fingerprint density at radius 2 is 1.79 bits per heavy atom. The highest BCUT2D eigenvalue weighted by atomic mass is 32.1. The summed E-state index contributed by atoms with van der Waals surface area (Å²) in [6, 6.07) is -0.412. The molecule has 0 aromatic carbocycles. The van der Waals surface area contributed by atoms with E-state index in [-0.39, 0.29) is 12.1 Å². The van der Waals surface area contributed by atoms with Crippen molar-refractivity contribution in [3.63, 3.8) is 0 Å². The lowest BCUT2D eigenvalue weighted by Gasteiger charge is -2.33. The Morgan fingerprint density at radius 3 is 2.21 bits per heavy atom. The quantitative estimate of drug-likeness (QED) is 0.680. The molecule has 0 radical (unpaired) electrons. The molecule has 0 aromatic rings. The zero-order chi connectivity index (χ0) is 14.6. The standard InChI is InChI=1S/C12H23N3O3S/c1-12(2,3)18-11(17)14-8-4-6-9(7-5-8)15(19)10(13)16/h8-9,19H,4-7H2,1-3H3,(H2,13,16)(H,14,17). The smallest absolute Gasteiger partial charge is 0.407 e. The van der Waals surface area contributed by atoms with E-state index in [1.807, 2.05) is 20.8 Å². The minimum atomic E-state index is -0.535. The average Bonchev–Trinajstić information content (AvgIpc) is 2.26. The van der Waals surface area contributed by atoms with Crippen molar-refractivity contribution >= 4 is 24.9 Å². The summed E-state index contributed by atoms with van der Waals surface area (Å²) in [6.07, 6.45) is 2.72. The second kappa shape index (κ2) is 6.36. The Morgan fingerprint density at radius 1 is 1.26 bits per heavy atom. The molecular weight excluding hydrogens is 266 g/mol. The van der Waals surface area contributed by atoms with Crippen LogP contribution < -0.4 is 11.1 Å². The van der Waals surface area contributed by atoms with Crippen LogP contribution in [0.4, 0.5) is 9.59 Å². The minimum absolute atomic E-state index is 0.0394. The number of alkyl carbamates (subject to hydrolysis) is 1. The van der Waals surface area contributed by atoms with Crippen LogP contribution in [-0.4, -0.2) is 34.1 Å². The molecule has 0 saturated heterocycles. The van der Waals surface area contributed by atoms with Crippen LogP contribution in [0.3, 0.4) is 0 Å². The second-order valence-corrected chi connectivity index (χ2v) is 6.27. The number of ether oxygens (including phenoxy) is 1. The van der Waals surface area contributed by atoms with Crippen molar-refractivity contribution in [3.05, 3.63) is 0 Å². The highest BCUT2D eigenvalue weighted by Gasteiger charge is 2.28. The van der Waals surface area contributed by atoms with E-state index in [1.165, 1.54) is 4.31 Å². The number of thiol groups is 1. The normalized spacial score (nSPS) is 23.6. The number of urea groups is 1. The van der Waals surface area contributed by atoms with E-state index in [4.69, 9.17) is 10.5 Å². The van der Waals surface area contributed by atoms with Crippen LogP contribution in [0.1, 0.15) is 46.5 Å². The Kier molecular flexibility index (Phi) is 5.34. The van der Waals surface area contributed by atoms with Gasteiger partial charge in [0, 0.05) is 12.1 Å². The van der Waals surface area contributed by atoms with Crippen molar-refractivity contribution in [2.75, 3.05) is 0 Å². The molecule has 3 amide bonds. The molecule has 1 rings (SSSR count). The Balaban J connectivity index is 2.34. The molecule has 0 bridgehead atoms. The number of hydrogen-bond donors (Lipinski definition) is 3. The monoisotopic (exact) mass is 289 g/mol. The van der Waals surface area contributed by atoms with Gasteiger partial charge in [-0.1, -0.05) is 12.8 Å². The largest absolute Gasteiger partial charge is 0.444 e. The van der Waals surface area contributed by atoms with E-state index < -0.39 is 17.7 Å². The van der Waals surface area contributed by atoms with Gasteiger partial charge >= 0.3 is 12.1 Å². The van der Waals surface area contributed by atoms with E-state index in [9.17, 15) is 9.59 Å². The summed E-state index contributed by atoms with van der Waals surface area (Å²) in [7, 11) is 0. The lowest BCUT2D eigenvalue weighted by Crippen LogP contribution is -2.45. The van der Waals surface area contributed by atoms with Gasteiger partial charge in [0.2, 0.25) is 0 Å². The van der Waals surface area contributed by atoms with Crippen LogP contribution in [0.2, 0.25) is 0 Å². The zero-order valence-corrected chi connectivity index (χ0v) is 12.6. The van der Waals surface area contributed by atoms with Crippen LogP contribution in [0.25, 0.3) is 0 Å². The Hall–Kier alpha value is -1.11. The van der Waals surface area contributed by atoms with E-state index in [1.54, 1.807) is 0 Å². The van der Waals surface area contributed by atoms with Gasteiger partial charge in [0.25, 0.3) is 0 Å². The second-order valence-electron chi connectivity index (χ2n) is 5.83. The van der Waals surface area contributed by atoms with Crippen molar-refractivity contribution < 1.29 is 14.3 Å². The maximum atomic E-state index is 11.6. The van der Waals surface area contributed by atoms with Gasteiger partial charge in [-0.3, -0.25) is 4.31 Å². The molecule has 0 spiro atoms. The molecule has 1 aliphatic rings. The van der Waals surface area contributed by atoms with Crippen molar-refractivity contribution in [2.24, 2.45) is 5.73 Å². The van der Waals surface area contributed by atoms with Crippen molar-refractivity contribution in [3.8, 4) is 0 Å². The molecular formula is C12H23N3O3S. The van der Waals surface area contributed by atoms with Crippen LogP contribution in [-0.2, 0) is 4.74 Å². The maximum absolute atomic E-state index is 11.6. The number of primary amides is 1. The molecule has 0 unspecified atom stereocenters. The average molecular weight is 289 g/mol. The molecule has 110 valence electrons. The first-order chi connectivity index (χ1) is 8.69. The first kappa shape index (κ1) is 15.9. The fourth-order valence-electron chi connectivity index (χ4n) is 2.12. The SMILES string of the molecule is CC(C)(C)OC(=O)NC1CCC(N(S)C(N)=O)CC1. The summed E-state index contributed by atoms with van der Waals surface area (Å²) < 4.78 is 6.47. The summed E-state index contributed by atoms with van der Waals surface area (Å²) in [6.45, 7) is 5.49. The predicted molar refractivity (Wildman–Crippen MR) is 75.8 cm³/mol. The molecule has 7 heteroatoms. The van der Waals surface area contributed by atoms with Gasteiger partial charge in [-0.15, -0.1) is 0 Å². The molecule has 1 aliphatic carbocycles. The molecule has 0 aliphatic heterocycles. The molecule has 1 saturated carbocycles. The van der Waals surface area contributed by atoms with Crippen molar-refractivity contribution in [1.29, 1.82) is 0 Å². The van der Waals surface area contributed by atoms with Crippen molar-refractivity contribution in [1.82, 2.24) is 9.62 Å². The molecule has 0 atom stereocenters. The topological polar surface area (TPSA) is 84.7 Å². The third-order valence-corrected chi connectivity index (χ3v) is 3.51. The lowest BCUT2D eigenvalue weighted by molar-refractivity contribution is 0.0487. The van der Waals surface area contributed by atoms with Crippen LogP contribution in [0.5, 0.6) is 0 Å². The summed E-state index contributed by atoms with van der Waals surface area (Å²) in [5.41, 5.74) is 4.68. The molecule has 19 heavy (non-hydrogen) atoms. The van der Waals surface area contributed by atoms with Gasteiger partial charge in [0.05, 0.1) is 0 Å². The maximum Gasteiger partial charge on any atom is 0.407 e. The Labute approximate surface area is 119 Å². The van der Waals surface area contributed by atoms with Crippen LogP contribution in [0, 0.1) is 0 Å². The van der Waals surface area contributed by atoms with E-state index >= 15 is 0 Å². The van der Waals surface area contributed by atoms with Gasteiger partial charge in [-0.25, -0.2) is 9.59 Å². The number of carbonyl (C=O) groups excluding carboxylic acids is 2. The molecule has 6 nitrogen and oxygen atoms in total. The van der Waals surface area contributed by atoms with Crippen molar-refractivity contribution in [2.45, 2.75) is 64.1 Å². The summed E-state index contributed by atoms with van der Waals surface area (Å²) in [5, 5.41) is 2.84. The van der Waals surface area contributed by atoms with E-state index in [0.29, 0.717) is 0 Å². The number of hydrogen-bond acceptors (Lipinski definition) is 4. The number of nitrogens with zero attached hydrogens (tertiary/aromatic N) is 1. The highest BCUT2D eigenvalue weighted by molar-refractivity contribution is 7.78. The third-order valence-electron chi connectivity index (χ3n) is 2.99. The van der Waals surface area contributed by atoms with Gasteiger partial charge in [-0.05, 0) is 46.5 Å². The lowest BCUT2D eigenvalue weighted by atomic mass is 9.91. The van der Waals surface area contributed by atoms with Crippen LogP contribution in [0.15, 0.2) is 0 Å². The molecule has 0 aromatic heterocycles. The number of amides is 3.